The van der Waals surface area contributed by atoms with Crippen molar-refractivity contribution in [2.45, 2.75) is 6.54 Å². The molecule has 0 spiro atoms. The van der Waals surface area contributed by atoms with Gasteiger partial charge < -0.3 is 4.90 Å². The quantitative estimate of drug-likeness (QED) is 0.692. The Morgan fingerprint density at radius 3 is 2.52 bits per heavy atom. The first-order chi connectivity index (χ1) is 10.1. The van der Waals surface area contributed by atoms with E-state index in [0.29, 0.717) is 12.1 Å². The summed E-state index contributed by atoms with van der Waals surface area (Å²) in [7, 11) is 1.94. The molecule has 21 heavy (non-hydrogen) atoms. The third kappa shape index (κ3) is 5.02. The van der Waals surface area contributed by atoms with Crippen molar-refractivity contribution in [2.75, 3.05) is 13.6 Å². The van der Waals surface area contributed by atoms with Crippen LogP contribution in [-0.2, 0) is 11.3 Å². The van der Waals surface area contributed by atoms with Gasteiger partial charge in [-0.15, -0.1) is 11.3 Å². The van der Waals surface area contributed by atoms with Gasteiger partial charge in [-0.05, 0) is 23.6 Å². The molecule has 0 aliphatic heterocycles. The smallest absolute Gasteiger partial charge is 0.293 e. The standard InChI is InChI=1S/C15H17N3O2S/c1-18(10-13-8-5-9-21-13)11-14(19)16-17-15(20)12-6-3-2-4-7-12/h2-9H,10-11H2,1H3,(H,16,19)(H,17,20)/p+1. The Balaban J connectivity index is 1.73. The lowest BCUT2D eigenvalue weighted by atomic mass is 10.2. The van der Waals surface area contributed by atoms with Crippen LogP contribution in [0.5, 0.6) is 0 Å². The number of carbonyl (C=O) groups is 2. The molecule has 0 bridgehead atoms. The van der Waals surface area contributed by atoms with Crippen LogP contribution in [-0.4, -0.2) is 25.4 Å². The summed E-state index contributed by atoms with van der Waals surface area (Å²) in [5.41, 5.74) is 5.36. The lowest BCUT2D eigenvalue weighted by Crippen LogP contribution is -3.09. The first-order valence-corrected chi connectivity index (χ1v) is 7.51. The molecular formula is C15H18N3O2S+. The third-order valence-electron chi connectivity index (χ3n) is 2.87. The molecule has 110 valence electrons. The summed E-state index contributed by atoms with van der Waals surface area (Å²) < 4.78 is 0. The highest BCUT2D eigenvalue weighted by Crippen LogP contribution is 2.05. The van der Waals surface area contributed by atoms with E-state index in [1.165, 1.54) is 4.88 Å². The van der Waals surface area contributed by atoms with E-state index in [9.17, 15) is 9.59 Å². The van der Waals surface area contributed by atoms with E-state index in [1.807, 2.05) is 30.6 Å². The van der Waals surface area contributed by atoms with Crippen molar-refractivity contribution in [1.82, 2.24) is 10.9 Å². The van der Waals surface area contributed by atoms with E-state index >= 15 is 0 Å². The van der Waals surface area contributed by atoms with Crippen molar-refractivity contribution >= 4 is 23.2 Å². The summed E-state index contributed by atoms with van der Waals surface area (Å²) >= 11 is 1.67. The van der Waals surface area contributed by atoms with Crippen LogP contribution in [0.3, 0.4) is 0 Å². The lowest BCUT2D eigenvalue weighted by molar-refractivity contribution is -0.885. The molecule has 1 atom stereocenters. The number of benzene rings is 1. The van der Waals surface area contributed by atoms with E-state index < -0.39 is 0 Å². The first-order valence-electron chi connectivity index (χ1n) is 6.63. The van der Waals surface area contributed by atoms with Crippen LogP contribution in [0.25, 0.3) is 0 Å². The highest BCUT2D eigenvalue weighted by molar-refractivity contribution is 7.09. The lowest BCUT2D eigenvalue weighted by Gasteiger charge is -2.13. The zero-order chi connectivity index (χ0) is 15.1. The number of likely N-dealkylation sites (N-methyl/N-ethyl adjacent to an activating group) is 1. The average molecular weight is 304 g/mol. The molecule has 0 aliphatic carbocycles. The molecule has 0 fully saturated rings. The molecule has 0 radical (unpaired) electrons. The SMILES string of the molecule is C[NH+](CC(=O)NNC(=O)c1ccccc1)Cc1cccs1. The molecule has 0 saturated carbocycles. The van der Waals surface area contributed by atoms with Crippen LogP contribution in [0, 0.1) is 0 Å². The Labute approximate surface area is 127 Å². The molecule has 2 amide bonds. The highest BCUT2D eigenvalue weighted by atomic mass is 32.1. The number of hydrazine groups is 1. The van der Waals surface area contributed by atoms with Crippen molar-refractivity contribution < 1.29 is 14.5 Å². The molecule has 2 aromatic rings. The Morgan fingerprint density at radius 1 is 1.10 bits per heavy atom. The number of hydrogen-bond donors (Lipinski definition) is 3. The Bertz CT molecular complexity index is 584. The molecule has 5 nitrogen and oxygen atoms in total. The molecule has 1 aromatic carbocycles. The van der Waals surface area contributed by atoms with Gasteiger partial charge in [-0.25, -0.2) is 0 Å². The number of thiophene rings is 1. The van der Waals surface area contributed by atoms with Crippen molar-refractivity contribution in [3.05, 3.63) is 58.3 Å². The molecule has 2 rings (SSSR count). The van der Waals surface area contributed by atoms with E-state index in [0.717, 1.165) is 11.4 Å². The second-order valence-corrected chi connectivity index (χ2v) is 5.79. The number of hydrogen-bond acceptors (Lipinski definition) is 3. The minimum atomic E-state index is -0.320. The summed E-state index contributed by atoms with van der Waals surface area (Å²) in [5, 5.41) is 2.02. The topological polar surface area (TPSA) is 62.6 Å². The van der Waals surface area contributed by atoms with Crippen molar-refractivity contribution in [3.63, 3.8) is 0 Å². The normalized spacial score (nSPS) is 11.7. The van der Waals surface area contributed by atoms with Gasteiger partial charge in [0.15, 0.2) is 6.54 Å². The van der Waals surface area contributed by atoms with Crippen LogP contribution >= 0.6 is 11.3 Å². The van der Waals surface area contributed by atoms with Crippen molar-refractivity contribution in [3.8, 4) is 0 Å². The van der Waals surface area contributed by atoms with Gasteiger partial charge in [0, 0.05) is 5.56 Å². The Kier molecular flexibility index (Phi) is 5.48. The summed E-state index contributed by atoms with van der Waals surface area (Å²) in [4.78, 5) is 25.8. The van der Waals surface area contributed by atoms with Crippen molar-refractivity contribution in [2.24, 2.45) is 0 Å². The van der Waals surface area contributed by atoms with E-state index in [1.54, 1.807) is 35.6 Å². The summed E-state index contributed by atoms with van der Waals surface area (Å²) in [6, 6.07) is 12.8. The fraction of sp³-hybridized carbons (Fsp3) is 0.200. The van der Waals surface area contributed by atoms with Gasteiger partial charge >= 0.3 is 0 Å². The second-order valence-electron chi connectivity index (χ2n) is 4.76. The molecule has 1 heterocycles. The van der Waals surface area contributed by atoms with Gasteiger partial charge in [-0.3, -0.25) is 20.4 Å². The van der Waals surface area contributed by atoms with Crippen molar-refractivity contribution in [1.29, 1.82) is 0 Å². The van der Waals surface area contributed by atoms with E-state index in [4.69, 9.17) is 0 Å². The molecule has 6 heteroatoms. The first kappa shape index (κ1) is 15.2. The van der Waals surface area contributed by atoms with E-state index in [-0.39, 0.29) is 11.8 Å². The third-order valence-corrected chi connectivity index (χ3v) is 3.75. The number of carbonyl (C=O) groups excluding carboxylic acids is 2. The fourth-order valence-corrected chi connectivity index (χ4v) is 2.70. The van der Waals surface area contributed by atoms with Gasteiger partial charge in [0.05, 0.1) is 11.9 Å². The monoisotopic (exact) mass is 304 g/mol. The molecule has 0 saturated heterocycles. The fourth-order valence-electron chi connectivity index (χ4n) is 1.88. The van der Waals surface area contributed by atoms with Crippen LogP contribution in [0.4, 0.5) is 0 Å². The maximum Gasteiger partial charge on any atom is 0.293 e. The second kappa shape index (κ2) is 7.56. The van der Waals surface area contributed by atoms with Gasteiger partial charge in [-0.2, -0.15) is 0 Å². The van der Waals surface area contributed by atoms with Crippen LogP contribution in [0.15, 0.2) is 47.8 Å². The zero-order valence-electron chi connectivity index (χ0n) is 11.8. The Hall–Kier alpha value is -2.18. The molecule has 3 N–H and O–H groups in total. The Morgan fingerprint density at radius 2 is 1.86 bits per heavy atom. The van der Waals surface area contributed by atoms with Gasteiger partial charge in [0.1, 0.15) is 6.54 Å². The molecule has 0 aliphatic rings. The maximum absolute atomic E-state index is 11.8. The predicted molar refractivity (Wildman–Crippen MR) is 81.8 cm³/mol. The summed E-state index contributed by atoms with van der Waals surface area (Å²) in [6.07, 6.45) is 0. The maximum atomic E-state index is 11.8. The number of nitrogens with one attached hydrogen (secondary N) is 3. The van der Waals surface area contributed by atoms with Crippen LogP contribution in [0.1, 0.15) is 15.2 Å². The minimum absolute atomic E-state index is 0.215. The average Bonchev–Trinajstić information content (AvgIpc) is 2.98. The highest BCUT2D eigenvalue weighted by Gasteiger charge is 2.12. The largest absolute Gasteiger partial charge is 0.325 e. The van der Waals surface area contributed by atoms with Gasteiger partial charge in [0.2, 0.25) is 0 Å². The predicted octanol–water partition coefficient (Wildman–Crippen LogP) is 0.224. The van der Waals surface area contributed by atoms with Crippen LogP contribution < -0.4 is 15.8 Å². The van der Waals surface area contributed by atoms with Gasteiger partial charge in [-0.1, -0.05) is 24.3 Å². The number of quaternary nitrogens is 1. The number of rotatable bonds is 5. The van der Waals surface area contributed by atoms with E-state index in [2.05, 4.69) is 10.9 Å². The summed E-state index contributed by atoms with van der Waals surface area (Å²) in [5.74, 6) is -0.534. The zero-order valence-corrected chi connectivity index (χ0v) is 12.6. The molecular weight excluding hydrogens is 286 g/mol. The number of amides is 2. The molecule has 1 aromatic heterocycles. The minimum Gasteiger partial charge on any atom is -0.325 e. The van der Waals surface area contributed by atoms with Crippen LogP contribution in [0.2, 0.25) is 0 Å². The van der Waals surface area contributed by atoms with Gasteiger partial charge in [0.25, 0.3) is 11.8 Å². The summed E-state index contributed by atoms with van der Waals surface area (Å²) in [6.45, 7) is 1.09. The molecule has 1 unspecified atom stereocenters.